The maximum absolute atomic E-state index is 5.87. The number of rotatable bonds is 3. The molecule has 0 bridgehead atoms. The summed E-state index contributed by atoms with van der Waals surface area (Å²) in [5.74, 6) is 7.05. The molecule has 0 aliphatic carbocycles. The Bertz CT molecular complexity index is 909. The van der Waals surface area contributed by atoms with E-state index >= 15 is 0 Å². The van der Waals surface area contributed by atoms with Crippen LogP contribution in [0.4, 0.5) is 0 Å². The first-order valence-corrected chi connectivity index (χ1v) is 8.70. The molecule has 0 amide bonds. The SMILES string of the molecule is Cc1cccc(C#Cc2cccc(OCc3cccc(I)c3)c2)n1. The number of aromatic nitrogens is 1. The Hall–Kier alpha value is -2.32. The van der Waals surface area contributed by atoms with Crippen molar-refractivity contribution in [3.8, 4) is 17.6 Å². The van der Waals surface area contributed by atoms with Gasteiger partial charge in [-0.1, -0.05) is 30.2 Å². The molecule has 0 aliphatic rings. The van der Waals surface area contributed by atoms with Crippen molar-refractivity contribution in [3.63, 3.8) is 0 Å². The van der Waals surface area contributed by atoms with Crippen LogP contribution in [-0.4, -0.2) is 4.98 Å². The smallest absolute Gasteiger partial charge is 0.121 e. The van der Waals surface area contributed by atoms with Gasteiger partial charge >= 0.3 is 0 Å². The number of aryl methyl sites for hydroxylation is 1. The summed E-state index contributed by atoms with van der Waals surface area (Å²) in [5.41, 5.74) is 3.82. The van der Waals surface area contributed by atoms with E-state index in [0.717, 1.165) is 28.3 Å². The first-order chi connectivity index (χ1) is 11.7. The van der Waals surface area contributed by atoms with Crippen LogP contribution in [0.3, 0.4) is 0 Å². The molecular weight excluding hydrogens is 409 g/mol. The first kappa shape index (κ1) is 16.5. The van der Waals surface area contributed by atoms with Gasteiger partial charge in [-0.3, -0.25) is 0 Å². The standard InChI is InChI=1S/C21H16INO/c1-16-5-2-9-20(23-16)12-11-17-6-4-10-21(14-17)24-15-18-7-3-8-19(22)13-18/h2-10,13-14H,15H2,1H3. The highest BCUT2D eigenvalue weighted by Gasteiger charge is 1.98. The normalized spacial score (nSPS) is 9.92. The second-order valence-corrected chi connectivity index (χ2v) is 6.61. The zero-order valence-electron chi connectivity index (χ0n) is 13.3. The fraction of sp³-hybridized carbons (Fsp3) is 0.0952. The predicted octanol–water partition coefficient (Wildman–Crippen LogP) is 4.97. The summed E-state index contributed by atoms with van der Waals surface area (Å²) in [6.07, 6.45) is 0. The summed E-state index contributed by atoms with van der Waals surface area (Å²) in [4.78, 5) is 4.39. The van der Waals surface area contributed by atoms with Crippen LogP contribution in [0.25, 0.3) is 0 Å². The Morgan fingerprint density at radius 1 is 0.958 bits per heavy atom. The van der Waals surface area contributed by atoms with Gasteiger partial charge in [-0.05, 0) is 83.5 Å². The highest BCUT2D eigenvalue weighted by molar-refractivity contribution is 14.1. The summed E-state index contributed by atoms with van der Waals surface area (Å²) in [6, 6.07) is 22.0. The molecule has 1 heterocycles. The zero-order valence-corrected chi connectivity index (χ0v) is 15.4. The molecule has 0 radical (unpaired) electrons. The molecule has 0 unspecified atom stereocenters. The molecule has 2 aromatic carbocycles. The quantitative estimate of drug-likeness (QED) is 0.437. The number of hydrogen-bond donors (Lipinski definition) is 0. The van der Waals surface area contributed by atoms with Crippen molar-refractivity contribution in [2.24, 2.45) is 0 Å². The highest BCUT2D eigenvalue weighted by Crippen LogP contribution is 2.16. The third-order valence-electron chi connectivity index (χ3n) is 3.35. The van der Waals surface area contributed by atoms with Crippen LogP contribution < -0.4 is 4.74 Å². The van der Waals surface area contributed by atoms with E-state index in [1.165, 1.54) is 3.57 Å². The van der Waals surface area contributed by atoms with Gasteiger partial charge in [0.05, 0.1) is 0 Å². The van der Waals surface area contributed by atoms with E-state index in [4.69, 9.17) is 4.74 Å². The lowest BCUT2D eigenvalue weighted by atomic mass is 10.2. The number of halogens is 1. The molecule has 0 N–H and O–H groups in total. The number of benzene rings is 2. The van der Waals surface area contributed by atoms with E-state index in [1.54, 1.807) is 0 Å². The molecule has 3 rings (SSSR count). The Morgan fingerprint density at radius 2 is 1.79 bits per heavy atom. The summed E-state index contributed by atoms with van der Waals surface area (Å²) >= 11 is 2.30. The minimum atomic E-state index is 0.549. The van der Waals surface area contributed by atoms with Gasteiger partial charge in [0.2, 0.25) is 0 Å². The topological polar surface area (TPSA) is 22.1 Å². The molecular formula is C21H16INO. The largest absolute Gasteiger partial charge is 0.489 e. The fourth-order valence-corrected chi connectivity index (χ4v) is 2.81. The minimum absolute atomic E-state index is 0.549. The van der Waals surface area contributed by atoms with Gasteiger partial charge in [0.15, 0.2) is 0 Å². The second-order valence-electron chi connectivity index (χ2n) is 5.36. The van der Waals surface area contributed by atoms with Crippen molar-refractivity contribution in [2.45, 2.75) is 13.5 Å². The van der Waals surface area contributed by atoms with Gasteiger partial charge in [-0.25, -0.2) is 4.98 Å². The van der Waals surface area contributed by atoms with Gasteiger partial charge in [-0.2, -0.15) is 0 Å². The zero-order chi connectivity index (χ0) is 16.8. The maximum atomic E-state index is 5.87. The molecule has 0 aliphatic heterocycles. The monoisotopic (exact) mass is 425 g/mol. The molecule has 24 heavy (non-hydrogen) atoms. The predicted molar refractivity (Wildman–Crippen MR) is 105 cm³/mol. The summed E-state index contributed by atoms with van der Waals surface area (Å²) < 4.78 is 7.08. The van der Waals surface area contributed by atoms with Crippen LogP contribution in [0, 0.1) is 22.3 Å². The van der Waals surface area contributed by atoms with E-state index in [-0.39, 0.29) is 0 Å². The van der Waals surface area contributed by atoms with E-state index < -0.39 is 0 Å². The maximum Gasteiger partial charge on any atom is 0.121 e. The Kier molecular flexibility index (Phi) is 5.50. The molecule has 0 saturated heterocycles. The lowest BCUT2D eigenvalue weighted by Gasteiger charge is -2.07. The molecule has 3 aromatic rings. The van der Waals surface area contributed by atoms with Gasteiger partial charge in [0.1, 0.15) is 18.1 Å². The molecule has 0 saturated carbocycles. The Labute approximate surface area is 156 Å². The molecule has 0 fully saturated rings. The first-order valence-electron chi connectivity index (χ1n) is 7.62. The van der Waals surface area contributed by atoms with E-state index in [2.05, 4.69) is 57.6 Å². The third-order valence-corrected chi connectivity index (χ3v) is 4.02. The number of ether oxygens (including phenoxy) is 1. The lowest BCUT2D eigenvalue weighted by molar-refractivity contribution is 0.306. The minimum Gasteiger partial charge on any atom is -0.489 e. The molecule has 0 atom stereocenters. The van der Waals surface area contributed by atoms with Crippen molar-refractivity contribution in [3.05, 3.63) is 92.8 Å². The van der Waals surface area contributed by atoms with Crippen LogP contribution >= 0.6 is 22.6 Å². The Balaban J connectivity index is 1.70. The summed E-state index contributed by atoms with van der Waals surface area (Å²) in [7, 11) is 0. The summed E-state index contributed by atoms with van der Waals surface area (Å²) in [6.45, 7) is 2.51. The van der Waals surface area contributed by atoms with Crippen LogP contribution in [-0.2, 0) is 6.61 Å². The van der Waals surface area contributed by atoms with E-state index in [1.807, 2.05) is 55.5 Å². The average Bonchev–Trinajstić information content (AvgIpc) is 2.59. The fourth-order valence-electron chi connectivity index (χ4n) is 2.21. The molecule has 2 nitrogen and oxygen atoms in total. The summed E-state index contributed by atoms with van der Waals surface area (Å²) in [5, 5.41) is 0. The van der Waals surface area contributed by atoms with Crippen LogP contribution in [0.15, 0.2) is 66.7 Å². The highest BCUT2D eigenvalue weighted by atomic mass is 127. The van der Waals surface area contributed by atoms with Crippen LogP contribution in [0.2, 0.25) is 0 Å². The van der Waals surface area contributed by atoms with Gasteiger partial charge in [0, 0.05) is 14.8 Å². The molecule has 118 valence electrons. The van der Waals surface area contributed by atoms with Crippen LogP contribution in [0.1, 0.15) is 22.5 Å². The number of nitrogens with zero attached hydrogens (tertiary/aromatic N) is 1. The number of hydrogen-bond acceptors (Lipinski definition) is 2. The van der Waals surface area contributed by atoms with Gasteiger partial charge in [-0.15, -0.1) is 0 Å². The van der Waals surface area contributed by atoms with Crippen molar-refractivity contribution >= 4 is 22.6 Å². The number of pyridine rings is 1. The molecule has 0 spiro atoms. The van der Waals surface area contributed by atoms with Crippen molar-refractivity contribution in [2.75, 3.05) is 0 Å². The van der Waals surface area contributed by atoms with Crippen LogP contribution in [0.5, 0.6) is 5.75 Å². The second kappa shape index (κ2) is 7.98. The van der Waals surface area contributed by atoms with E-state index in [9.17, 15) is 0 Å². The molecule has 1 aromatic heterocycles. The Morgan fingerprint density at radius 3 is 2.62 bits per heavy atom. The lowest BCUT2D eigenvalue weighted by Crippen LogP contribution is -1.95. The average molecular weight is 425 g/mol. The van der Waals surface area contributed by atoms with Crippen molar-refractivity contribution in [1.29, 1.82) is 0 Å². The van der Waals surface area contributed by atoms with Crippen molar-refractivity contribution in [1.82, 2.24) is 4.98 Å². The molecule has 3 heteroatoms. The van der Waals surface area contributed by atoms with Gasteiger partial charge in [0.25, 0.3) is 0 Å². The van der Waals surface area contributed by atoms with Crippen molar-refractivity contribution < 1.29 is 4.74 Å². The third kappa shape index (κ3) is 4.84. The van der Waals surface area contributed by atoms with Gasteiger partial charge < -0.3 is 4.74 Å². The van der Waals surface area contributed by atoms with E-state index in [0.29, 0.717) is 6.61 Å².